The SMILES string of the molecule is CC1C(=S)N2C=CCS[C@@H]12. The van der Waals surface area contributed by atoms with Gasteiger partial charge in [-0.25, -0.2) is 0 Å². The van der Waals surface area contributed by atoms with Crippen molar-refractivity contribution in [2.75, 3.05) is 5.75 Å². The molecular weight excluding hydrogens is 162 g/mol. The monoisotopic (exact) mass is 171 g/mol. The third-order valence-corrected chi connectivity index (χ3v) is 3.92. The highest BCUT2D eigenvalue weighted by atomic mass is 32.2. The van der Waals surface area contributed by atoms with Gasteiger partial charge in [0.1, 0.15) is 0 Å². The van der Waals surface area contributed by atoms with Crippen molar-refractivity contribution >= 4 is 29.0 Å². The first-order valence-electron chi connectivity index (χ1n) is 3.41. The average Bonchev–Trinajstić information content (AvgIpc) is 2.03. The molecule has 2 heterocycles. The van der Waals surface area contributed by atoms with Gasteiger partial charge < -0.3 is 4.90 Å². The second-order valence-electron chi connectivity index (χ2n) is 2.64. The van der Waals surface area contributed by atoms with Gasteiger partial charge in [-0.3, -0.25) is 0 Å². The maximum absolute atomic E-state index is 5.17. The summed E-state index contributed by atoms with van der Waals surface area (Å²) in [6.07, 6.45) is 4.28. The van der Waals surface area contributed by atoms with Gasteiger partial charge in [-0.05, 0) is 0 Å². The molecule has 0 bridgehead atoms. The van der Waals surface area contributed by atoms with Gasteiger partial charge in [-0.15, -0.1) is 11.8 Å². The van der Waals surface area contributed by atoms with E-state index in [9.17, 15) is 0 Å². The molecule has 0 aliphatic carbocycles. The number of rotatable bonds is 0. The summed E-state index contributed by atoms with van der Waals surface area (Å²) in [6, 6.07) is 0. The summed E-state index contributed by atoms with van der Waals surface area (Å²) in [5.41, 5.74) is 0. The number of nitrogens with zero attached hydrogens (tertiary/aromatic N) is 1. The lowest BCUT2D eigenvalue weighted by Crippen LogP contribution is -2.55. The molecule has 0 aromatic carbocycles. The molecule has 0 amide bonds. The predicted molar refractivity (Wildman–Crippen MR) is 49.0 cm³/mol. The van der Waals surface area contributed by atoms with Crippen molar-refractivity contribution < 1.29 is 0 Å². The van der Waals surface area contributed by atoms with Crippen molar-refractivity contribution in [3.05, 3.63) is 12.3 Å². The van der Waals surface area contributed by atoms with Crippen molar-refractivity contribution in [3.8, 4) is 0 Å². The fourth-order valence-corrected chi connectivity index (χ4v) is 2.95. The predicted octanol–water partition coefficient (Wildman–Crippen LogP) is 1.85. The van der Waals surface area contributed by atoms with Crippen LogP contribution in [-0.4, -0.2) is 21.0 Å². The first-order chi connectivity index (χ1) is 4.80. The Morgan fingerprint density at radius 3 is 3.30 bits per heavy atom. The Kier molecular flexibility index (Phi) is 1.49. The quantitative estimate of drug-likeness (QED) is 0.512. The lowest BCUT2D eigenvalue weighted by Gasteiger charge is -2.47. The average molecular weight is 171 g/mol. The van der Waals surface area contributed by atoms with Crippen molar-refractivity contribution in [2.45, 2.75) is 12.3 Å². The van der Waals surface area contributed by atoms with E-state index >= 15 is 0 Å². The maximum atomic E-state index is 5.17. The second-order valence-corrected chi connectivity index (χ2v) is 4.21. The molecule has 1 unspecified atom stereocenters. The van der Waals surface area contributed by atoms with E-state index in [1.807, 2.05) is 11.8 Å². The van der Waals surface area contributed by atoms with Gasteiger partial charge in [0, 0.05) is 17.9 Å². The van der Waals surface area contributed by atoms with Crippen LogP contribution in [0.1, 0.15) is 6.92 Å². The number of hydrogen-bond acceptors (Lipinski definition) is 2. The largest absolute Gasteiger partial charge is 0.329 e. The summed E-state index contributed by atoms with van der Waals surface area (Å²) >= 11 is 7.14. The molecule has 0 saturated carbocycles. The van der Waals surface area contributed by atoms with Crippen molar-refractivity contribution in [1.29, 1.82) is 0 Å². The van der Waals surface area contributed by atoms with Crippen LogP contribution < -0.4 is 0 Å². The van der Waals surface area contributed by atoms with Crippen molar-refractivity contribution in [2.24, 2.45) is 5.92 Å². The van der Waals surface area contributed by atoms with E-state index in [2.05, 4.69) is 24.1 Å². The Labute approximate surface area is 70.5 Å². The molecule has 54 valence electrons. The van der Waals surface area contributed by atoms with Gasteiger partial charge in [0.2, 0.25) is 0 Å². The van der Waals surface area contributed by atoms with E-state index < -0.39 is 0 Å². The standard InChI is InChI=1S/C7H9NS2/c1-5-6(9)8-3-2-4-10-7(5)8/h2-3,5,7H,4H2,1H3/t5?,7-/m0/s1. The molecule has 2 aliphatic rings. The van der Waals surface area contributed by atoms with E-state index in [0.717, 1.165) is 10.7 Å². The Bertz CT molecular complexity index is 200. The van der Waals surface area contributed by atoms with Crippen LogP contribution in [0.2, 0.25) is 0 Å². The normalized spacial score (nSPS) is 37.3. The molecular formula is C7H9NS2. The van der Waals surface area contributed by atoms with Gasteiger partial charge in [0.05, 0.1) is 10.4 Å². The molecule has 0 N–H and O–H groups in total. The van der Waals surface area contributed by atoms with Gasteiger partial charge in [0.25, 0.3) is 0 Å². The molecule has 0 aromatic rings. The first-order valence-corrected chi connectivity index (χ1v) is 4.87. The minimum atomic E-state index is 0.616. The highest BCUT2D eigenvalue weighted by molar-refractivity contribution is 8.00. The van der Waals surface area contributed by atoms with Crippen LogP contribution in [0.4, 0.5) is 0 Å². The van der Waals surface area contributed by atoms with Crippen LogP contribution in [0.25, 0.3) is 0 Å². The van der Waals surface area contributed by atoms with Crippen LogP contribution in [0.15, 0.2) is 12.3 Å². The van der Waals surface area contributed by atoms with Gasteiger partial charge >= 0.3 is 0 Å². The zero-order valence-electron chi connectivity index (χ0n) is 5.78. The summed E-state index contributed by atoms with van der Waals surface area (Å²) in [4.78, 5) is 3.29. The molecule has 10 heavy (non-hydrogen) atoms. The number of thioether (sulfide) groups is 1. The third kappa shape index (κ3) is 0.736. The molecule has 1 nitrogen and oxygen atoms in total. The van der Waals surface area contributed by atoms with E-state index in [-0.39, 0.29) is 0 Å². The summed E-state index contributed by atoms with van der Waals surface area (Å²) < 4.78 is 0. The summed E-state index contributed by atoms with van der Waals surface area (Å²) in [7, 11) is 0. The van der Waals surface area contributed by atoms with Crippen LogP contribution in [0.3, 0.4) is 0 Å². The van der Waals surface area contributed by atoms with E-state index in [1.54, 1.807) is 0 Å². The Hall–Kier alpha value is -0.0200. The molecule has 0 radical (unpaired) electrons. The molecule has 3 heteroatoms. The minimum absolute atomic E-state index is 0.616. The molecule has 0 spiro atoms. The van der Waals surface area contributed by atoms with E-state index in [4.69, 9.17) is 12.2 Å². The first kappa shape index (κ1) is 6.68. The number of hydrogen-bond donors (Lipinski definition) is 0. The van der Waals surface area contributed by atoms with E-state index in [1.165, 1.54) is 0 Å². The maximum Gasteiger partial charge on any atom is 0.0889 e. The van der Waals surface area contributed by atoms with Crippen molar-refractivity contribution in [3.63, 3.8) is 0 Å². The minimum Gasteiger partial charge on any atom is -0.329 e. The van der Waals surface area contributed by atoms with Gasteiger partial charge in [0.15, 0.2) is 0 Å². The second kappa shape index (κ2) is 2.24. The van der Waals surface area contributed by atoms with E-state index in [0.29, 0.717) is 11.3 Å². The number of thiocarbonyl (C=S) groups is 1. The fraction of sp³-hybridized carbons (Fsp3) is 0.571. The molecule has 1 fully saturated rings. The topological polar surface area (TPSA) is 3.24 Å². The molecule has 0 aromatic heterocycles. The summed E-state index contributed by atoms with van der Waals surface area (Å²) in [5, 5.41) is 0.650. The fourth-order valence-electron chi connectivity index (χ4n) is 1.33. The zero-order chi connectivity index (χ0) is 7.14. The molecule has 2 atom stereocenters. The lowest BCUT2D eigenvalue weighted by molar-refractivity contribution is 0.357. The van der Waals surface area contributed by atoms with Crippen LogP contribution in [0, 0.1) is 5.92 Å². The zero-order valence-corrected chi connectivity index (χ0v) is 7.41. The Balaban J connectivity index is 2.18. The van der Waals surface area contributed by atoms with Gasteiger partial charge in [-0.1, -0.05) is 25.2 Å². The molecule has 1 saturated heterocycles. The Morgan fingerprint density at radius 2 is 2.60 bits per heavy atom. The van der Waals surface area contributed by atoms with Crippen LogP contribution in [-0.2, 0) is 0 Å². The highest BCUT2D eigenvalue weighted by Gasteiger charge is 2.40. The van der Waals surface area contributed by atoms with Gasteiger partial charge in [-0.2, -0.15) is 0 Å². The summed E-state index contributed by atoms with van der Waals surface area (Å²) in [6.45, 7) is 2.20. The smallest absolute Gasteiger partial charge is 0.0889 e. The van der Waals surface area contributed by atoms with Crippen LogP contribution >= 0.6 is 24.0 Å². The molecule has 2 rings (SSSR count). The summed E-state index contributed by atoms with van der Waals surface area (Å²) in [5.74, 6) is 1.76. The van der Waals surface area contributed by atoms with Crippen molar-refractivity contribution in [1.82, 2.24) is 4.90 Å². The highest BCUT2D eigenvalue weighted by Crippen LogP contribution is 2.38. The molecule has 2 aliphatic heterocycles. The lowest BCUT2D eigenvalue weighted by atomic mass is 10.0. The number of fused-ring (bicyclic) bond motifs is 1. The Morgan fingerprint density at radius 1 is 1.80 bits per heavy atom. The van der Waals surface area contributed by atoms with Crippen LogP contribution in [0.5, 0.6) is 0 Å². The third-order valence-electron chi connectivity index (χ3n) is 1.98.